The number of nitrogens with one attached hydrogen (secondary N) is 1. The van der Waals surface area contributed by atoms with Gasteiger partial charge in [0, 0.05) is 28.4 Å². The Morgan fingerprint density at radius 2 is 2.12 bits per heavy atom. The van der Waals surface area contributed by atoms with E-state index in [1.807, 2.05) is 35.0 Å². The molecule has 0 aliphatic carbocycles. The minimum Gasteiger partial charge on any atom is -0.497 e. The topological polar surface area (TPSA) is 69.6 Å². The van der Waals surface area contributed by atoms with E-state index in [0.29, 0.717) is 11.3 Å². The number of cyclic esters (lactones) is 1. The van der Waals surface area contributed by atoms with E-state index in [9.17, 15) is 9.59 Å². The molecule has 1 aliphatic heterocycles. The molecule has 0 atom stereocenters. The van der Waals surface area contributed by atoms with Gasteiger partial charge < -0.3 is 19.4 Å². The van der Waals surface area contributed by atoms with Crippen molar-refractivity contribution in [2.45, 2.75) is 13.2 Å². The maximum absolute atomic E-state index is 12.4. The summed E-state index contributed by atoms with van der Waals surface area (Å²) in [6.07, 6.45) is 1.87. The normalized spacial score (nSPS) is 12.8. The minimum absolute atomic E-state index is 0.140. The second-order valence-corrected chi connectivity index (χ2v) is 5.86. The van der Waals surface area contributed by atoms with Gasteiger partial charge >= 0.3 is 5.97 Å². The van der Waals surface area contributed by atoms with Crippen LogP contribution in [0.15, 0.2) is 48.7 Å². The van der Waals surface area contributed by atoms with E-state index in [2.05, 4.69) is 5.32 Å². The average molecular weight is 336 g/mol. The number of methoxy groups -OCH3 is 1. The molecule has 0 saturated heterocycles. The summed E-state index contributed by atoms with van der Waals surface area (Å²) in [6.45, 7) is 0.449. The standard InChI is InChI=1S/C19H16N2O4/c1-24-15-3-5-17-12(9-15)6-7-21(17)10-18(22)20-14-2-4-16-13(8-14)11-25-19(16)23/h2-9H,10-11H2,1H3,(H,20,22). The third-order valence-corrected chi connectivity index (χ3v) is 4.26. The Bertz CT molecular complexity index is 990. The number of anilines is 1. The van der Waals surface area contributed by atoms with Crippen LogP contribution in [-0.4, -0.2) is 23.6 Å². The highest BCUT2D eigenvalue weighted by molar-refractivity contribution is 5.96. The van der Waals surface area contributed by atoms with Crippen LogP contribution in [0.1, 0.15) is 15.9 Å². The number of aromatic nitrogens is 1. The summed E-state index contributed by atoms with van der Waals surface area (Å²) in [5.41, 5.74) is 2.97. The van der Waals surface area contributed by atoms with Crippen LogP contribution in [0.4, 0.5) is 5.69 Å². The Balaban J connectivity index is 1.50. The molecule has 0 saturated carbocycles. The van der Waals surface area contributed by atoms with E-state index >= 15 is 0 Å². The van der Waals surface area contributed by atoms with Crippen LogP contribution in [0.2, 0.25) is 0 Å². The molecule has 2 heterocycles. The van der Waals surface area contributed by atoms with Crippen molar-refractivity contribution in [1.82, 2.24) is 4.57 Å². The first-order chi connectivity index (χ1) is 12.1. The van der Waals surface area contributed by atoms with Crippen LogP contribution in [0.3, 0.4) is 0 Å². The number of ether oxygens (including phenoxy) is 2. The second kappa shape index (κ2) is 5.98. The maximum Gasteiger partial charge on any atom is 0.338 e. The van der Waals surface area contributed by atoms with E-state index in [4.69, 9.17) is 9.47 Å². The fourth-order valence-electron chi connectivity index (χ4n) is 3.01. The van der Waals surface area contributed by atoms with E-state index in [1.165, 1.54) is 0 Å². The zero-order valence-electron chi connectivity index (χ0n) is 13.6. The summed E-state index contributed by atoms with van der Waals surface area (Å²) in [5.74, 6) is 0.324. The Kier molecular flexibility index (Phi) is 3.65. The van der Waals surface area contributed by atoms with Gasteiger partial charge in [-0.25, -0.2) is 4.79 Å². The molecule has 0 fully saturated rings. The number of rotatable bonds is 4. The lowest BCUT2D eigenvalue weighted by molar-refractivity contribution is -0.116. The van der Waals surface area contributed by atoms with Crippen molar-refractivity contribution in [3.05, 3.63) is 59.8 Å². The smallest absolute Gasteiger partial charge is 0.338 e. The number of carbonyl (C=O) groups is 2. The number of carbonyl (C=O) groups excluding carboxylic acids is 2. The van der Waals surface area contributed by atoms with E-state index in [-0.39, 0.29) is 25.0 Å². The predicted molar refractivity (Wildman–Crippen MR) is 92.7 cm³/mol. The third kappa shape index (κ3) is 2.82. The number of esters is 1. The zero-order chi connectivity index (χ0) is 17.4. The molecular formula is C19H16N2O4. The predicted octanol–water partition coefficient (Wildman–Crippen LogP) is 2.96. The van der Waals surface area contributed by atoms with Crippen LogP contribution in [0.5, 0.6) is 5.75 Å². The molecule has 6 nitrogen and oxygen atoms in total. The molecule has 2 aromatic carbocycles. The first-order valence-electron chi connectivity index (χ1n) is 7.87. The molecular weight excluding hydrogens is 320 g/mol. The summed E-state index contributed by atoms with van der Waals surface area (Å²) < 4.78 is 12.1. The number of hydrogen-bond acceptors (Lipinski definition) is 4. The van der Waals surface area contributed by atoms with Crippen LogP contribution < -0.4 is 10.1 Å². The summed E-state index contributed by atoms with van der Waals surface area (Å²) in [4.78, 5) is 23.8. The van der Waals surface area contributed by atoms with Crippen molar-refractivity contribution >= 4 is 28.5 Å². The first-order valence-corrected chi connectivity index (χ1v) is 7.87. The number of fused-ring (bicyclic) bond motifs is 2. The Hall–Kier alpha value is -3.28. The van der Waals surface area contributed by atoms with Gasteiger partial charge in [0.2, 0.25) is 5.91 Å². The molecule has 0 unspecified atom stereocenters. The summed E-state index contributed by atoms with van der Waals surface area (Å²) >= 11 is 0. The highest BCUT2D eigenvalue weighted by Crippen LogP contribution is 2.24. The van der Waals surface area contributed by atoms with Crippen molar-refractivity contribution in [1.29, 1.82) is 0 Å². The monoisotopic (exact) mass is 336 g/mol. The highest BCUT2D eigenvalue weighted by atomic mass is 16.5. The second-order valence-electron chi connectivity index (χ2n) is 5.86. The number of nitrogens with zero attached hydrogens (tertiary/aromatic N) is 1. The lowest BCUT2D eigenvalue weighted by atomic mass is 10.1. The van der Waals surface area contributed by atoms with Gasteiger partial charge in [-0.05, 0) is 42.5 Å². The van der Waals surface area contributed by atoms with Gasteiger partial charge in [0.15, 0.2) is 0 Å². The van der Waals surface area contributed by atoms with Gasteiger partial charge in [0.05, 0.1) is 12.7 Å². The van der Waals surface area contributed by atoms with Crippen LogP contribution in [-0.2, 0) is 22.7 Å². The summed E-state index contributed by atoms with van der Waals surface area (Å²) in [5, 5.41) is 3.87. The fourth-order valence-corrected chi connectivity index (χ4v) is 3.01. The van der Waals surface area contributed by atoms with Crippen molar-refractivity contribution < 1.29 is 19.1 Å². The van der Waals surface area contributed by atoms with Crippen LogP contribution >= 0.6 is 0 Å². The Labute approximate surface area is 144 Å². The van der Waals surface area contributed by atoms with Gasteiger partial charge in [-0.15, -0.1) is 0 Å². The lowest BCUT2D eigenvalue weighted by Crippen LogP contribution is -2.18. The van der Waals surface area contributed by atoms with Gasteiger partial charge in [-0.1, -0.05) is 0 Å². The molecule has 4 rings (SSSR count). The summed E-state index contributed by atoms with van der Waals surface area (Å²) in [6, 6.07) is 12.8. The number of benzene rings is 2. The van der Waals surface area contributed by atoms with Crippen LogP contribution in [0.25, 0.3) is 10.9 Å². The van der Waals surface area contributed by atoms with Crippen molar-refractivity contribution in [2.75, 3.05) is 12.4 Å². The van der Waals surface area contributed by atoms with Crippen molar-refractivity contribution in [2.24, 2.45) is 0 Å². The molecule has 0 radical (unpaired) electrons. The lowest BCUT2D eigenvalue weighted by Gasteiger charge is -2.08. The SMILES string of the molecule is COc1ccc2c(ccn2CC(=O)Nc2ccc3c(c2)COC3=O)c1. The van der Waals surface area contributed by atoms with Crippen molar-refractivity contribution in [3.63, 3.8) is 0 Å². The third-order valence-electron chi connectivity index (χ3n) is 4.26. The quantitative estimate of drug-likeness (QED) is 0.744. The number of amides is 1. The highest BCUT2D eigenvalue weighted by Gasteiger charge is 2.21. The molecule has 1 aliphatic rings. The van der Waals surface area contributed by atoms with Gasteiger partial charge in [-0.2, -0.15) is 0 Å². The molecule has 126 valence electrons. The molecule has 1 N–H and O–H groups in total. The summed E-state index contributed by atoms with van der Waals surface area (Å²) in [7, 11) is 1.63. The van der Waals surface area contributed by atoms with Crippen LogP contribution in [0, 0.1) is 0 Å². The average Bonchev–Trinajstić information content (AvgIpc) is 3.18. The molecule has 6 heteroatoms. The fraction of sp³-hybridized carbons (Fsp3) is 0.158. The molecule has 1 aromatic heterocycles. The van der Waals surface area contributed by atoms with Gasteiger partial charge in [-0.3, -0.25) is 4.79 Å². The molecule has 25 heavy (non-hydrogen) atoms. The van der Waals surface area contributed by atoms with E-state index in [1.54, 1.807) is 25.3 Å². The van der Waals surface area contributed by atoms with Gasteiger partial charge in [0.25, 0.3) is 0 Å². The molecule has 0 spiro atoms. The first kappa shape index (κ1) is 15.3. The van der Waals surface area contributed by atoms with E-state index < -0.39 is 0 Å². The Morgan fingerprint density at radius 3 is 2.96 bits per heavy atom. The molecule has 0 bridgehead atoms. The number of hydrogen-bond donors (Lipinski definition) is 1. The molecule has 3 aromatic rings. The van der Waals surface area contributed by atoms with Gasteiger partial charge in [0.1, 0.15) is 18.9 Å². The largest absolute Gasteiger partial charge is 0.497 e. The Morgan fingerprint density at radius 1 is 1.24 bits per heavy atom. The minimum atomic E-state index is -0.317. The maximum atomic E-state index is 12.4. The van der Waals surface area contributed by atoms with E-state index in [0.717, 1.165) is 22.2 Å². The zero-order valence-corrected chi connectivity index (χ0v) is 13.6. The molecule has 1 amide bonds. The van der Waals surface area contributed by atoms with Crippen molar-refractivity contribution in [3.8, 4) is 5.75 Å².